The van der Waals surface area contributed by atoms with Crippen molar-refractivity contribution in [2.75, 3.05) is 25.5 Å². The first-order valence-electron chi connectivity index (χ1n) is 5.68. The summed E-state index contributed by atoms with van der Waals surface area (Å²) >= 11 is 3.18. The van der Waals surface area contributed by atoms with E-state index < -0.39 is 0 Å². The van der Waals surface area contributed by atoms with E-state index in [1.165, 1.54) is 6.20 Å². The third-order valence-corrected chi connectivity index (χ3v) is 3.32. The van der Waals surface area contributed by atoms with Crippen molar-refractivity contribution in [2.24, 2.45) is 0 Å². The minimum absolute atomic E-state index is 0.0674. The van der Waals surface area contributed by atoms with Crippen LogP contribution >= 0.6 is 15.9 Å². The van der Waals surface area contributed by atoms with Crippen LogP contribution in [0.25, 0.3) is 0 Å². The van der Waals surface area contributed by atoms with Crippen molar-refractivity contribution in [3.63, 3.8) is 0 Å². The number of hydrogen-bond acceptors (Lipinski definition) is 4. The van der Waals surface area contributed by atoms with E-state index in [1.807, 2.05) is 6.92 Å². The molecule has 0 aromatic carbocycles. The third-order valence-electron chi connectivity index (χ3n) is 2.56. The zero-order chi connectivity index (χ0) is 14.4. The fraction of sp³-hybridized carbons (Fsp3) is 0.417. The highest BCUT2D eigenvalue weighted by Crippen LogP contribution is 2.15. The van der Waals surface area contributed by atoms with Gasteiger partial charge in [-0.3, -0.25) is 9.59 Å². The van der Waals surface area contributed by atoms with Crippen molar-refractivity contribution in [1.29, 1.82) is 0 Å². The van der Waals surface area contributed by atoms with Crippen molar-refractivity contribution in [1.82, 2.24) is 14.7 Å². The monoisotopic (exact) mass is 326 g/mol. The van der Waals surface area contributed by atoms with Gasteiger partial charge in [0.15, 0.2) is 0 Å². The van der Waals surface area contributed by atoms with Gasteiger partial charge in [0.1, 0.15) is 11.0 Å². The van der Waals surface area contributed by atoms with Crippen LogP contribution in [-0.4, -0.2) is 40.7 Å². The quantitative estimate of drug-likeness (QED) is 0.801. The summed E-state index contributed by atoms with van der Waals surface area (Å²) in [5.41, 5.74) is 0.135. The Hall–Kier alpha value is -1.81. The van der Waals surface area contributed by atoms with E-state index in [0.29, 0.717) is 16.7 Å². The molecule has 6 nitrogen and oxygen atoms in total. The van der Waals surface area contributed by atoms with E-state index in [1.54, 1.807) is 11.9 Å². The fourth-order valence-electron chi connectivity index (χ4n) is 1.27. The SMILES string of the molecule is C#CCn1ncc(NCC(=O)N(C)CC)c(Br)c1=O. The Balaban J connectivity index is 2.82. The first-order valence-corrected chi connectivity index (χ1v) is 6.47. The van der Waals surface area contributed by atoms with Gasteiger partial charge < -0.3 is 10.2 Å². The van der Waals surface area contributed by atoms with Crippen LogP contribution in [-0.2, 0) is 11.3 Å². The minimum atomic E-state index is -0.334. The first kappa shape index (κ1) is 15.2. The molecule has 0 aliphatic rings. The number of carbonyl (C=O) groups is 1. The molecule has 0 aliphatic heterocycles. The molecule has 0 bridgehead atoms. The Labute approximate surface area is 119 Å². The third kappa shape index (κ3) is 3.83. The van der Waals surface area contributed by atoms with Crippen molar-refractivity contribution in [3.05, 3.63) is 21.0 Å². The maximum absolute atomic E-state index is 11.8. The van der Waals surface area contributed by atoms with Crippen LogP contribution in [0.5, 0.6) is 0 Å². The molecular weight excluding hydrogens is 312 g/mol. The molecule has 0 spiro atoms. The van der Waals surface area contributed by atoms with Crippen molar-refractivity contribution >= 4 is 27.5 Å². The molecule has 1 aromatic rings. The molecule has 0 saturated carbocycles. The van der Waals surface area contributed by atoms with E-state index in [2.05, 4.69) is 32.3 Å². The van der Waals surface area contributed by atoms with Gasteiger partial charge in [0, 0.05) is 13.6 Å². The highest BCUT2D eigenvalue weighted by Gasteiger charge is 2.11. The second-order valence-corrected chi connectivity index (χ2v) is 4.59. The molecule has 0 radical (unpaired) electrons. The van der Waals surface area contributed by atoms with E-state index in [0.717, 1.165) is 4.68 Å². The van der Waals surface area contributed by atoms with Gasteiger partial charge in [-0.05, 0) is 22.9 Å². The number of likely N-dealkylation sites (N-methyl/N-ethyl adjacent to an activating group) is 1. The summed E-state index contributed by atoms with van der Waals surface area (Å²) in [5.74, 6) is 2.28. The molecule has 1 amide bonds. The van der Waals surface area contributed by atoms with Crippen molar-refractivity contribution < 1.29 is 4.79 Å². The van der Waals surface area contributed by atoms with Gasteiger partial charge in [-0.1, -0.05) is 5.92 Å². The normalized spacial score (nSPS) is 9.79. The fourth-order valence-corrected chi connectivity index (χ4v) is 1.72. The van der Waals surface area contributed by atoms with Gasteiger partial charge in [0.25, 0.3) is 5.56 Å². The minimum Gasteiger partial charge on any atom is -0.374 e. The average molecular weight is 327 g/mol. The standard InChI is InChI=1S/C12H15BrN4O2/c1-4-6-17-12(19)11(13)9(7-15-17)14-8-10(18)16(3)5-2/h1,7,14H,5-6,8H2,2-3H3. The van der Waals surface area contributed by atoms with Crippen LogP contribution in [0.3, 0.4) is 0 Å². The van der Waals surface area contributed by atoms with Gasteiger partial charge in [-0.25, -0.2) is 4.68 Å². The highest BCUT2D eigenvalue weighted by molar-refractivity contribution is 9.10. The van der Waals surface area contributed by atoms with E-state index >= 15 is 0 Å². The number of aromatic nitrogens is 2. The lowest BCUT2D eigenvalue weighted by Crippen LogP contribution is -2.32. The van der Waals surface area contributed by atoms with Gasteiger partial charge in [-0.2, -0.15) is 5.10 Å². The Bertz CT molecular complexity index is 562. The number of anilines is 1. The Morgan fingerprint density at radius 2 is 2.37 bits per heavy atom. The number of amides is 1. The number of terminal acetylenes is 1. The van der Waals surface area contributed by atoms with Gasteiger partial charge in [-0.15, -0.1) is 6.42 Å². The topological polar surface area (TPSA) is 67.2 Å². The molecule has 0 saturated heterocycles. The van der Waals surface area contributed by atoms with E-state index in [-0.39, 0.29) is 24.6 Å². The summed E-state index contributed by atoms with van der Waals surface area (Å²) in [6.07, 6.45) is 6.59. The predicted molar refractivity (Wildman–Crippen MR) is 76.8 cm³/mol. The summed E-state index contributed by atoms with van der Waals surface area (Å²) < 4.78 is 1.47. The summed E-state index contributed by atoms with van der Waals surface area (Å²) in [6.45, 7) is 2.72. The Morgan fingerprint density at radius 1 is 1.68 bits per heavy atom. The number of halogens is 1. The molecule has 0 aliphatic carbocycles. The molecule has 0 unspecified atom stereocenters. The second kappa shape index (κ2) is 6.95. The largest absolute Gasteiger partial charge is 0.374 e. The van der Waals surface area contributed by atoms with Gasteiger partial charge in [0.2, 0.25) is 5.91 Å². The number of carbonyl (C=O) groups excluding carboxylic acids is 1. The second-order valence-electron chi connectivity index (χ2n) is 3.80. The molecular formula is C12H15BrN4O2. The number of hydrogen-bond donors (Lipinski definition) is 1. The molecule has 19 heavy (non-hydrogen) atoms. The zero-order valence-electron chi connectivity index (χ0n) is 10.8. The molecule has 1 aromatic heterocycles. The number of rotatable bonds is 5. The van der Waals surface area contributed by atoms with Crippen LogP contribution in [0.2, 0.25) is 0 Å². The molecule has 102 valence electrons. The van der Waals surface area contributed by atoms with Crippen molar-refractivity contribution in [2.45, 2.75) is 13.5 Å². The maximum Gasteiger partial charge on any atom is 0.284 e. The van der Waals surface area contributed by atoms with E-state index in [9.17, 15) is 9.59 Å². The lowest BCUT2D eigenvalue weighted by molar-refractivity contribution is -0.127. The molecule has 0 atom stereocenters. The summed E-state index contributed by atoms with van der Waals surface area (Å²) in [4.78, 5) is 25.0. The molecule has 0 fully saturated rings. The van der Waals surface area contributed by atoms with Crippen LogP contribution in [0.4, 0.5) is 5.69 Å². The van der Waals surface area contributed by atoms with Gasteiger partial charge in [0.05, 0.1) is 18.4 Å². The summed E-state index contributed by atoms with van der Waals surface area (Å²) in [6, 6.07) is 0. The molecule has 1 heterocycles. The van der Waals surface area contributed by atoms with Crippen LogP contribution < -0.4 is 10.9 Å². The van der Waals surface area contributed by atoms with Gasteiger partial charge >= 0.3 is 0 Å². The van der Waals surface area contributed by atoms with Crippen molar-refractivity contribution in [3.8, 4) is 12.3 Å². The van der Waals surface area contributed by atoms with Crippen LogP contribution in [0, 0.1) is 12.3 Å². The Kier molecular flexibility index (Phi) is 5.57. The lowest BCUT2D eigenvalue weighted by Gasteiger charge is -2.15. The average Bonchev–Trinajstić information content (AvgIpc) is 2.42. The summed E-state index contributed by atoms with van der Waals surface area (Å²) in [5, 5.41) is 6.79. The predicted octanol–water partition coefficient (Wildman–Crippen LogP) is 0.529. The smallest absolute Gasteiger partial charge is 0.284 e. The molecule has 1 rings (SSSR count). The summed E-state index contributed by atoms with van der Waals surface area (Å²) in [7, 11) is 1.71. The lowest BCUT2D eigenvalue weighted by atomic mass is 10.4. The maximum atomic E-state index is 11.8. The Morgan fingerprint density at radius 3 is 2.95 bits per heavy atom. The molecule has 1 N–H and O–H groups in total. The van der Waals surface area contributed by atoms with Crippen LogP contribution in [0.1, 0.15) is 6.92 Å². The van der Waals surface area contributed by atoms with Crippen LogP contribution in [0.15, 0.2) is 15.5 Å². The zero-order valence-corrected chi connectivity index (χ0v) is 12.4. The number of nitrogens with one attached hydrogen (secondary N) is 1. The number of nitrogens with zero attached hydrogens (tertiary/aromatic N) is 3. The first-order chi connectivity index (χ1) is 9.01. The highest BCUT2D eigenvalue weighted by atomic mass is 79.9. The molecule has 7 heteroatoms. The van der Waals surface area contributed by atoms with E-state index in [4.69, 9.17) is 6.42 Å².